The van der Waals surface area contributed by atoms with Crippen LogP contribution in [0.15, 0.2) is 47.1 Å². The molecule has 10 heteroatoms. The SMILES string of the molecule is CCOc1ccc(NC(=O)Cc2c(O)n(Cc3ccco3)c(=S)n2CCNC(C)=O)cc1. The monoisotopic (exact) mass is 458 g/mol. The number of ether oxygens (including phenoxy) is 1. The first-order chi connectivity index (χ1) is 15.4. The van der Waals surface area contributed by atoms with E-state index < -0.39 is 0 Å². The molecule has 2 amide bonds. The van der Waals surface area contributed by atoms with Crippen molar-refractivity contribution in [2.45, 2.75) is 33.4 Å². The van der Waals surface area contributed by atoms with E-state index in [9.17, 15) is 14.7 Å². The van der Waals surface area contributed by atoms with E-state index in [-0.39, 0.29) is 30.7 Å². The van der Waals surface area contributed by atoms with Crippen molar-refractivity contribution in [3.63, 3.8) is 0 Å². The lowest BCUT2D eigenvalue weighted by Crippen LogP contribution is -2.26. The van der Waals surface area contributed by atoms with Crippen LogP contribution in [0.1, 0.15) is 25.3 Å². The lowest BCUT2D eigenvalue weighted by molar-refractivity contribution is -0.119. The van der Waals surface area contributed by atoms with Crippen LogP contribution in [0.2, 0.25) is 0 Å². The molecule has 170 valence electrons. The molecular formula is C22H26N4O5S. The first kappa shape index (κ1) is 23.1. The zero-order chi connectivity index (χ0) is 23.1. The zero-order valence-electron chi connectivity index (χ0n) is 18.0. The van der Waals surface area contributed by atoms with Gasteiger partial charge >= 0.3 is 0 Å². The van der Waals surface area contributed by atoms with E-state index in [1.165, 1.54) is 17.8 Å². The van der Waals surface area contributed by atoms with Gasteiger partial charge in [0.25, 0.3) is 0 Å². The van der Waals surface area contributed by atoms with Gasteiger partial charge in [0.2, 0.25) is 17.7 Å². The summed E-state index contributed by atoms with van der Waals surface area (Å²) in [5, 5.41) is 16.4. The number of aromatic nitrogens is 2. The third-order valence-corrected chi connectivity index (χ3v) is 5.12. The second kappa shape index (κ2) is 10.7. The maximum absolute atomic E-state index is 12.7. The molecule has 0 spiro atoms. The number of carbonyl (C=O) groups excluding carboxylic acids is 2. The van der Waals surface area contributed by atoms with Crippen LogP contribution in [0.5, 0.6) is 11.6 Å². The molecule has 2 heterocycles. The van der Waals surface area contributed by atoms with E-state index in [1.54, 1.807) is 41.0 Å². The second-order valence-corrected chi connectivity index (χ2v) is 7.40. The van der Waals surface area contributed by atoms with Crippen LogP contribution in [0.25, 0.3) is 0 Å². The van der Waals surface area contributed by atoms with Gasteiger partial charge in [-0.1, -0.05) is 0 Å². The Morgan fingerprint density at radius 3 is 2.56 bits per heavy atom. The Morgan fingerprint density at radius 2 is 1.94 bits per heavy atom. The maximum Gasteiger partial charge on any atom is 0.230 e. The average Bonchev–Trinajstić information content (AvgIpc) is 3.34. The molecule has 0 saturated heterocycles. The molecule has 3 aromatic rings. The van der Waals surface area contributed by atoms with Gasteiger partial charge in [0.1, 0.15) is 11.5 Å². The van der Waals surface area contributed by atoms with Gasteiger partial charge in [0.15, 0.2) is 4.77 Å². The summed E-state index contributed by atoms with van der Waals surface area (Å²) in [5.74, 6) is 0.718. The van der Waals surface area contributed by atoms with Gasteiger partial charge in [-0.3, -0.25) is 14.2 Å². The van der Waals surface area contributed by atoms with Gasteiger partial charge < -0.3 is 29.5 Å². The van der Waals surface area contributed by atoms with Gasteiger partial charge in [-0.2, -0.15) is 0 Å². The molecule has 0 aliphatic carbocycles. The first-order valence-corrected chi connectivity index (χ1v) is 10.6. The van der Waals surface area contributed by atoms with Crippen LogP contribution >= 0.6 is 12.2 Å². The fourth-order valence-electron chi connectivity index (χ4n) is 3.24. The summed E-state index contributed by atoms with van der Waals surface area (Å²) in [6.07, 6.45) is 1.43. The Hall–Kier alpha value is -3.53. The lowest BCUT2D eigenvalue weighted by atomic mass is 10.2. The molecule has 0 atom stereocenters. The Bertz CT molecular complexity index is 1120. The van der Waals surface area contributed by atoms with Crippen LogP contribution < -0.4 is 15.4 Å². The Kier molecular flexibility index (Phi) is 7.72. The molecule has 1 aromatic carbocycles. The van der Waals surface area contributed by atoms with Gasteiger partial charge in [0, 0.05) is 25.7 Å². The first-order valence-electron chi connectivity index (χ1n) is 10.2. The molecule has 3 rings (SSSR count). The van der Waals surface area contributed by atoms with Crippen molar-refractivity contribution in [3.05, 3.63) is 58.9 Å². The Labute approximate surface area is 190 Å². The number of imidazole rings is 1. The van der Waals surface area contributed by atoms with Crippen LogP contribution in [0.4, 0.5) is 5.69 Å². The Balaban J connectivity index is 1.81. The van der Waals surface area contributed by atoms with Gasteiger partial charge in [-0.15, -0.1) is 0 Å². The summed E-state index contributed by atoms with van der Waals surface area (Å²) in [6.45, 7) is 4.71. The lowest BCUT2D eigenvalue weighted by Gasteiger charge is -2.10. The second-order valence-electron chi connectivity index (χ2n) is 7.04. The highest BCUT2D eigenvalue weighted by Crippen LogP contribution is 2.24. The highest BCUT2D eigenvalue weighted by molar-refractivity contribution is 7.71. The molecule has 0 radical (unpaired) electrons. The molecule has 0 fully saturated rings. The van der Waals surface area contributed by atoms with Crippen molar-refractivity contribution in [3.8, 4) is 11.6 Å². The van der Waals surface area contributed by atoms with Crippen LogP contribution in [0, 0.1) is 4.77 Å². The van der Waals surface area contributed by atoms with Crippen LogP contribution in [-0.2, 0) is 29.1 Å². The van der Waals surface area contributed by atoms with E-state index in [4.69, 9.17) is 21.4 Å². The zero-order valence-corrected chi connectivity index (χ0v) is 18.8. The minimum Gasteiger partial charge on any atom is -0.494 e. The summed E-state index contributed by atoms with van der Waals surface area (Å²) in [5.41, 5.74) is 0.965. The minimum atomic E-state index is -0.317. The average molecular weight is 459 g/mol. The molecule has 0 saturated carbocycles. The molecule has 0 unspecified atom stereocenters. The number of hydrogen-bond acceptors (Lipinski definition) is 6. The topological polar surface area (TPSA) is 111 Å². The number of aromatic hydroxyl groups is 1. The largest absolute Gasteiger partial charge is 0.494 e. The number of nitrogens with zero attached hydrogens (tertiary/aromatic N) is 2. The fraction of sp³-hybridized carbons (Fsp3) is 0.318. The smallest absolute Gasteiger partial charge is 0.230 e. The molecule has 9 nitrogen and oxygen atoms in total. The molecule has 0 bridgehead atoms. The number of benzene rings is 1. The van der Waals surface area contributed by atoms with E-state index in [0.717, 1.165) is 0 Å². The molecule has 32 heavy (non-hydrogen) atoms. The molecule has 3 N–H and O–H groups in total. The molecular weight excluding hydrogens is 432 g/mol. The van der Waals surface area contributed by atoms with Gasteiger partial charge in [0.05, 0.1) is 31.5 Å². The van der Waals surface area contributed by atoms with Crippen molar-refractivity contribution >= 4 is 29.7 Å². The van der Waals surface area contributed by atoms with Gasteiger partial charge in [-0.25, -0.2) is 0 Å². The van der Waals surface area contributed by atoms with E-state index >= 15 is 0 Å². The van der Waals surface area contributed by atoms with Crippen LogP contribution in [0.3, 0.4) is 0 Å². The number of anilines is 1. The van der Waals surface area contributed by atoms with Crippen molar-refractivity contribution in [2.24, 2.45) is 0 Å². The standard InChI is InChI=1S/C22H26N4O5S/c1-3-30-17-8-6-16(7-9-17)24-20(28)13-19-21(29)26(14-18-5-4-12-31-18)22(32)25(19)11-10-23-15(2)27/h4-9,12,29H,3,10-11,13-14H2,1-2H3,(H,23,27)(H,24,28). The van der Waals surface area contributed by atoms with Crippen molar-refractivity contribution in [1.82, 2.24) is 14.5 Å². The number of nitrogens with one attached hydrogen (secondary N) is 2. The van der Waals surface area contributed by atoms with Crippen molar-refractivity contribution in [2.75, 3.05) is 18.5 Å². The number of rotatable bonds is 10. The molecule has 0 aliphatic rings. The predicted octanol–water partition coefficient (Wildman–Crippen LogP) is 3.08. The predicted molar refractivity (Wildman–Crippen MR) is 121 cm³/mol. The van der Waals surface area contributed by atoms with Crippen LogP contribution in [-0.4, -0.2) is 39.2 Å². The summed E-state index contributed by atoms with van der Waals surface area (Å²) in [6, 6.07) is 10.5. The molecule has 0 aliphatic heterocycles. The number of amides is 2. The van der Waals surface area contributed by atoms with Gasteiger partial charge in [-0.05, 0) is 55.5 Å². The minimum absolute atomic E-state index is 0.103. The van der Waals surface area contributed by atoms with E-state index in [0.29, 0.717) is 47.4 Å². The highest BCUT2D eigenvalue weighted by Gasteiger charge is 2.20. The highest BCUT2D eigenvalue weighted by atomic mass is 32.1. The third kappa shape index (κ3) is 5.79. The quantitative estimate of drug-likeness (QED) is 0.403. The number of carbonyl (C=O) groups is 2. The third-order valence-electron chi connectivity index (χ3n) is 4.68. The van der Waals surface area contributed by atoms with Crippen molar-refractivity contribution in [1.29, 1.82) is 0 Å². The molecule has 2 aromatic heterocycles. The summed E-state index contributed by atoms with van der Waals surface area (Å²) in [4.78, 5) is 24.0. The van der Waals surface area contributed by atoms with E-state index in [2.05, 4.69) is 10.6 Å². The maximum atomic E-state index is 12.7. The summed E-state index contributed by atoms with van der Waals surface area (Å²) >= 11 is 5.54. The normalized spacial score (nSPS) is 10.7. The Morgan fingerprint density at radius 1 is 1.19 bits per heavy atom. The summed E-state index contributed by atoms with van der Waals surface area (Å²) < 4.78 is 14.2. The summed E-state index contributed by atoms with van der Waals surface area (Å²) in [7, 11) is 0. The fourth-order valence-corrected chi connectivity index (χ4v) is 3.59. The van der Waals surface area contributed by atoms with E-state index in [1.807, 2.05) is 6.92 Å². The van der Waals surface area contributed by atoms with Crippen molar-refractivity contribution < 1.29 is 23.8 Å². The number of hydrogen-bond donors (Lipinski definition) is 3. The number of furan rings is 1.